The first-order chi connectivity index (χ1) is 9.97. The van der Waals surface area contributed by atoms with Crippen LogP contribution in [0.1, 0.15) is 32.0 Å². The molecule has 1 aromatic heterocycles. The van der Waals surface area contributed by atoms with Crippen molar-refractivity contribution in [2.75, 3.05) is 37.4 Å². The topological polar surface area (TPSA) is 59.1 Å². The third kappa shape index (κ3) is 6.61. The van der Waals surface area contributed by atoms with Gasteiger partial charge in [0, 0.05) is 32.9 Å². The number of unbranched alkanes of at least 4 members (excludes halogenated alkanes) is 1. The predicted molar refractivity (Wildman–Crippen MR) is 75.4 cm³/mol. The molecule has 1 heterocycles. The molecule has 2 N–H and O–H groups in total. The molecule has 0 aliphatic carbocycles. The van der Waals surface area contributed by atoms with Crippen molar-refractivity contribution in [3.63, 3.8) is 0 Å². The van der Waals surface area contributed by atoms with Crippen molar-refractivity contribution in [3.8, 4) is 0 Å². The van der Waals surface area contributed by atoms with Gasteiger partial charge < -0.3 is 15.4 Å². The Hall–Kier alpha value is -1.57. The maximum absolute atomic E-state index is 12.6. The van der Waals surface area contributed by atoms with Gasteiger partial charge in [-0.25, -0.2) is 9.97 Å². The largest absolute Gasteiger partial charge is 0.451 e. The number of aromatic nitrogens is 2. The molecule has 5 nitrogen and oxygen atoms in total. The van der Waals surface area contributed by atoms with Crippen LogP contribution in [-0.4, -0.2) is 36.8 Å². The van der Waals surface area contributed by atoms with Crippen LogP contribution in [0.2, 0.25) is 0 Å². The van der Waals surface area contributed by atoms with Crippen LogP contribution in [0.15, 0.2) is 6.07 Å². The Morgan fingerprint density at radius 1 is 1.14 bits per heavy atom. The van der Waals surface area contributed by atoms with E-state index in [2.05, 4.69) is 27.5 Å². The average molecular weight is 306 g/mol. The van der Waals surface area contributed by atoms with E-state index in [9.17, 15) is 13.2 Å². The molecule has 0 atom stereocenters. The van der Waals surface area contributed by atoms with Crippen LogP contribution in [0.25, 0.3) is 0 Å². The average Bonchev–Trinajstić information content (AvgIpc) is 2.45. The summed E-state index contributed by atoms with van der Waals surface area (Å²) < 4.78 is 43.3. The predicted octanol–water partition coefficient (Wildman–Crippen LogP) is 3.16. The summed E-state index contributed by atoms with van der Waals surface area (Å²) in [7, 11) is 1.51. The van der Waals surface area contributed by atoms with Gasteiger partial charge in [0.25, 0.3) is 0 Å². The molecule has 0 aromatic carbocycles. The fraction of sp³-hybridized carbons (Fsp3) is 0.692. The Bertz CT molecular complexity index is 426. The normalized spacial score (nSPS) is 11.5. The van der Waals surface area contributed by atoms with Gasteiger partial charge in [0.05, 0.1) is 0 Å². The third-order valence-corrected chi connectivity index (χ3v) is 2.65. The number of halogens is 3. The van der Waals surface area contributed by atoms with Crippen LogP contribution >= 0.6 is 0 Å². The minimum atomic E-state index is -4.56. The summed E-state index contributed by atoms with van der Waals surface area (Å²) in [6.07, 6.45) is -1.78. The van der Waals surface area contributed by atoms with Gasteiger partial charge in [0.15, 0.2) is 0 Å². The number of nitrogens with zero attached hydrogens (tertiary/aromatic N) is 2. The molecule has 0 amide bonds. The fourth-order valence-corrected chi connectivity index (χ4v) is 1.53. The molecule has 120 valence electrons. The van der Waals surface area contributed by atoms with Crippen LogP contribution < -0.4 is 10.6 Å². The SMILES string of the molecule is CCCCOCCCNc1cc(NC)nc(C(F)(F)F)n1. The lowest BCUT2D eigenvalue weighted by Gasteiger charge is -2.11. The second-order valence-electron chi connectivity index (χ2n) is 4.46. The van der Waals surface area contributed by atoms with Gasteiger partial charge in [-0.15, -0.1) is 0 Å². The molecule has 8 heteroatoms. The van der Waals surface area contributed by atoms with Gasteiger partial charge in [-0.3, -0.25) is 0 Å². The first kappa shape index (κ1) is 17.5. The number of hydrogen-bond donors (Lipinski definition) is 2. The highest BCUT2D eigenvalue weighted by atomic mass is 19.4. The lowest BCUT2D eigenvalue weighted by atomic mass is 10.3. The van der Waals surface area contributed by atoms with Crippen molar-refractivity contribution in [1.82, 2.24) is 9.97 Å². The summed E-state index contributed by atoms with van der Waals surface area (Å²) in [5.41, 5.74) is 0. The van der Waals surface area contributed by atoms with E-state index in [0.717, 1.165) is 12.8 Å². The molecule has 0 aliphatic rings. The van der Waals surface area contributed by atoms with Gasteiger partial charge in [0.2, 0.25) is 5.82 Å². The Morgan fingerprint density at radius 3 is 2.43 bits per heavy atom. The molecule has 0 saturated heterocycles. The van der Waals surface area contributed by atoms with Crippen LogP contribution in [-0.2, 0) is 10.9 Å². The number of ether oxygens (including phenoxy) is 1. The summed E-state index contributed by atoms with van der Waals surface area (Å²) in [6, 6.07) is 1.44. The van der Waals surface area contributed by atoms with Crippen LogP contribution in [0.4, 0.5) is 24.8 Å². The van der Waals surface area contributed by atoms with Gasteiger partial charge in [-0.2, -0.15) is 13.2 Å². The lowest BCUT2D eigenvalue weighted by molar-refractivity contribution is -0.144. The van der Waals surface area contributed by atoms with E-state index in [0.29, 0.717) is 26.2 Å². The Morgan fingerprint density at radius 2 is 1.81 bits per heavy atom. The Labute approximate surface area is 122 Å². The number of alkyl halides is 3. The number of hydrogen-bond acceptors (Lipinski definition) is 5. The smallest absolute Gasteiger partial charge is 0.381 e. The van der Waals surface area contributed by atoms with Gasteiger partial charge in [-0.1, -0.05) is 13.3 Å². The highest BCUT2D eigenvalue weighted by Crippen LogP contribution is 2.28. The minimum Gasteiger partial charge on any atom is -0.381 e. The van der Waals surface area contributed by atoms with Crippen LogP contribution in [0.5, 0.6) is 0 Å². The molecule has 1 aromatic rings. The second-order valence-corrected chi connectivity index (χ2v) is 4.46. The molecule has 0 fully saturated rings. The van der Waals surface area contributed by atoms with E-state index < -0.39 is 12.0 Å². The molecule has 0 saturated carbocycles. The fourth-order valence-electron chi connectivity index (χ4n) is 1.53. The second kappa shape index (κ2) is 8.66. The number of nitrogens with one attached hydrogen (secondary N) is 2. The van der Waals surface area contributed by atoms with Crippen molar-refractivity contribution in [2.24, 2.45) is 0 Å². The zero-order valence-corrected chi connectivity index (χ0v) is 12.3. The van der Waals surface area contributed by atoms with Gasteiger partial charge >= 0.3 is 6.18 Å². The summed E-state index contributed by atoms with van der Waals surface area (Å²) in [5, 5.41) is 5.44. The Kier molecular flexibility index (Phi) is 7.21. The van der Waals surface area contributed by atoms with Crippen molar-refractivity contribution in [2.45, 2.75) is 32.4 Å². The highest BCUT2D eigenvalue weighted by Gasteiger charge is 2.35. The monoisotopic (exact) mass is 306 g/mol. The van der Waals surface area contributed by atoms with Gasteiger partial charge in [0.1, 0.15) is 11.6 Å². The summed E-state index contributed by atoms with van der Waals surface area (Å²) in [6.45, 7) is 3.86. The molecule has 1 rings (SSSR count). The molecule has 0 radical (unpaired) electrons. The molecule has 0 spiro atoms. The summed E-state index contributed by atoms with van der Waals surface area (Å²) >= 11 is 0. The van der Waals surface area contributed by atoms with Crippen molar-refractivity contribution >= 4 is 11.6 Å². The van der Waals surface area contributed by atoms with E-state index in [1.165, 1.54) is 13.1 Å². The lowest BCUT2D eigenvalue weighted by Crippen LogP contribution is -2.15. The molecular weight excluding hydrogens is 285 g/mol. The van der Waals surface area contributed by atoms with Crippen molar-refractivity contribution < 1.29 is 17.9 Å². The molecule has 0 aliphatic heterocycles. The summed E-state index contributed by atoms with van der Waals surface area (Å²) in [4.78, 5) is 6.86. The van der Waals surface area contributed by atoms with E-state index in [1.807, 2.05) is 0 Å². The van der Waals surface area contributed by atoms with E-state index in [1.54, 1.807) is 0 Å². The van der Waals surface area contributed by atoms with Gasteiger partial charge in [-0.05, 0) is 12.8 Å². The molecule has 0 bridgehead atoms. The minimum absolute atomic E-state index is 0.124. The quantitative estimate of drug-likeness (QED) is 0.686. The van der Waals surface area contributed by atoms with Crippen LogP contribution in [0, 0.1) is 0 Å². The molecule has 0 unspecified atom stereocenters. The van der Waals surface area contributed by atoms with E-state index in [-0.39, 0.29) is 11.6 Å². The standard InChI is InChI=1S/C13H21F3N4O/c1-3-4-7-21-8-5-6-18-11-9-10(17-2)19-12(20-11)13(14,15)16/h9H,3-8H2,1-2H3,(H2,17,18,19,20). The Balaban J connectivity index is 2.47. The first-order valence-corrected chi connectivity index (χ1v) is 6.93. The zero-order valence-electron chi connectivity index (χ0n) is 12.3. The van der Waals surface area contributed by atoms with E-state index in [4.69, 9.17) is 4.74 Å². The zero-order chi connectivity index (χ0) is 15.7. The maximum atomic E-state index is 12.6. The van der Waals surface area contributed by atoms with Crippen molar-refractivity contribution in [1.29, 1.82) is 0 Å². The van der Waals surface area contributed by atoms with E-state index >= 15 is 0 Å². The van der Waals surface area contributed by atoms with Crippen LogP contribution in [0.3, 0.4) is 0 Å². The summed E-state index contributed by atoms with van der Waals surface area (Å²) in [5.74, 6) is -0.884. The van der Waals surface area contributed by atoms with Crippen molar-refractivity contribution in [3.05, 3.63) is 11.9 Å². The highest BCUT2D eigenvalue weighted by molar-refractivity contribution is 5.47. The molecular formula is C13H21F3N4O. The third-order valence-electron chi connectivity index (χ3n) is 2.65. The first-order valence-electron chi connectivity index (χ1n) is 6.93. The number of anilines is 2. The number of rotatable bonds is 9. The molecule has 21 heavy (non-hydrogen) atoms. The maximum Gasteiger partial charge on any atom is 0.451 e.